The minimum absolute atomic E-state index is 0.189. The number of aliphatic carboxylic acids is 1. The Kier molecular flexibility index (Phi) is 3.55. The molecule has 2 heterocycles. The summed E-state index contributed by atoms with van der Waals surface area (Å²) in [6, 6.07) is 0.828. The first-order valence-electron chi connectivity index (χ1n) is 7.20. The zero-order valence-corrected chi connectivity index (χ0v) is 11.2. The van der Waals surface area contributed by atoms with Crippen LogP contribution in [-0.4, -0.2) is 38.1 Å². The number of hydrogen-bond acceptors (Lipinski definition) is 3. The molecule has 104 valence electrons. The van der Waals surface area contributed by atoms with Crippen LogP contribution in [0.2, 0.25) is 0 Å². The molecule has 19 heavy (non-hydrogen) atoms. The highest BCUT2D eigenvalue weighted by Gasteiger charge is 2.28. The fraction of sp³-hybridized carbons (Fsp3) is 0.714. The van der Waals surface area contributed by atoms with Gasteiger partial charge >= 0.3 is 5.97 Å². The van der Waals surface area contributed by atoms with Gasteiger partial charge in [-0.2, -0.15) is 0 Å². The van der Waals surface area contributed by atoms with Gasteiger partial charge in [0.05, 0.1) is 18.4 Å². The van der Waals surface area contributed by atoms with Gasteiger partial charge in [-0.15, -0.1) is 0 Å². The number of nitrogens with zero attached hydrogens (tertiary/aromatic N) is 3. The van der Waals surface area contributed by atoms with E-state index in [0.717, 1.165) is 25.9 Å². The molecule has 0 radical (unpaired) electrons. The Morgan fingerprint density at radius 2 is 2.21 bits per heavy atom. The van der Waals surface area contributed by atoms with E-state index in [-0.39, 0.29) is 12.5 Å². The van der Waals surface area contributed by atoms with Crippen molar-refractivity contribution in [2.75, 3.05) is 6.54 Å². The van der Waals surface area contributed by atoms with Crippen molar-refractivity contribution in [2.24, 2.45) is 0 Å². The molecular weight excluding hydrogens is 242 g/mol. The van der Waals surface area contributed by atoms with E-state index in [9.17, 15) is 4.79 Å². The Morgan fingerprint density at radius 1 is 1.37 bits per heavy atom. The quantitative estimate of drug-likeness (QED) is 0.883. The summed E-state index contributed by atoms with van der Waals surface area (Å²) in [5, 5.41) is 9.02. The van der Waals surface area contributed by atoms with Crippen molar-refractivity contribution in [3.8, 4) is 0 Å². The van der Waals surface area contributed by atoms with E-state index >= 15 is 0 Å². The van der Waals surface area contributed by atoms with Crippen LogP contribution < -0.4 is 0 Å². The van der Waals surface area contributed by atoms with Crippen LogP contribution in [0.15, 0.2) is 12.5 Å². The summed E-state index contributed by atoms with van der Waals surface area (Å²) in [5.41, 5.74) is 1.24. The largest absolute Gasteiger partial charge is 0.481 e. The highest BCUT2D eigenvalue weighted by atomic mass is 16.4. The summed E-state index contributed by atoms with van der Waals surface area (Å²) < 4.78 is 2.27. The monoisotopic (exact) mass is 263 g/mol. The van der Waals surface area contributed by atoms with Gasteiger partial charge < -0.3 is 9.67 Å². The number of carboxylic acid groups (broad SMARTS) is 1. The first-order chi connectivity index (χ1) is 9.24. The summed E-state index contributed by atoms with van der Waals surface area (Å²) in [4.78, 5) is 17.5. The van der Waals surface area contributed by atoms with Crippen LogP contribution in [-0.2, 0) is 11.3 Å². The third kappa shape index (κ3) is 2.97. The first-order valence-corrected chi connectivity index (χ1v) is 7.20. The van der Waals surface area contributed by atoms with Crippen LogP contribution in [0, 0.1) is 0 Å². The number of likely N-dealkylation sites (tertiary alicyclic amines) is 1. The lowest BCUT2D eigenvalue weighted by Crippen LogP contribution is -2.40. The van der Waals surface area contributed by atoms with Gasteiger partial charge in [-0.1, -0.05) is 6.42 Å². The van der Waals surface area contributed by atoms with Gasteiger partial charge in [0.2, 0.25) is 0 Å². The second kappa shape index (κ2) is 5.33. The van der Waals surface area contributed by atoms with Crippen molar-refractivity contribution in [1.82, 2.24) is 14.5 Å². The van der Waals surface area contributed by atoms with E-state index in [1.54, 1.807) is 0 Å². The number of carboxylic acids is 1. The predicted molar refractivity (Wildman–Crippen MR) is 70.8 cm³/mol. The maximum absolute atomic E-state index is 11.0. The van der Waals surface area contributed by atoms with Crippen molar-refractivity contribution in [2.45, 2.75) is 57.2 Å². The van der Waals surface area contributed by atoms with Gasteiger partial charge in [0.15, 0.2) is 0 Å². The molecule has 1 saturated heterocycles. The second-order valence-electron chi connectivity index (χ2n) is 5.74. The molecule has 1 aromatic rings. The number of rotatable bonds is 5. The molecule has 5 nitrogen and oxygen atoms in total. The fourth-order valence-corrected chi connectivity index (χ4v) is 3.04. The topological polar surface area (TPSA) is 58.4 Å². The zero-order chi connectivity index (χ0) is 13.2. The van der Waals surface area contributed by atoms with Crippen molar-refractivity contribution in [3.63, 3.8) is 0 Å². The Bertz CT molecular complexity index is 453. The van der Waals surface area contributed by atoms with Crippen LogP contribution in [0.1, 0.15) is 50.3 Å². The lowest BCUT2D eigenvalue weighted by molar-refractivity contribution is -0.138. The standard InChI is InChI=1S/C14H21N3O2/c18-14(19)7-12-3-1-2-6-16(12)9-13-8-15-10-17(13)11-4-5-11/h8,10-12H,1-7,9H2,(H,18,19). The number of aromatic nitrogens is 2. The van der Waals surface area contributed by atoms with Crippen LogP contribution >= 0.6 is 0 Å². The first kappa shape index (κ1) is 12.7. The molecule has 0 amide bonds. The van der Waals surface area contributed by atoms with Crippen LogP contribution in [0.3, 0.4) is 0 Å². The van der Waals surface area contributed by atoms with Crippen molar-refractivity contribution < 1.29 is 9.90 Å². The Balaban J connectivity index is 1.68. The fourth-order valence-electron chi connectivity index (χ4n) is 3.04. The number of piperidine rings is 1. The maximum Gasteiger partial charge on any atom is 0.304 e. The van der Waals surface area contributed by atoms with E-state index in [1.165, 1.54) is 25.0 Å². The van der Waals surface area contributed by atoms with Crippen LogP contribution in [0.25, 0.3) is 0 Å². The van der Waals surface area contributed by atoms with Crippen LogP contribution in [0.4, 0.5) is 0 Å². The predicted octanol–water partition coefficient (Wildman–Crippen LogP) is 2.05. The van der Waals surface area contributed by atoms with Crippen LogP contribution in [0.5, 0.6) is 0 Å². The number of imidazole rings is 1. The normalized spacial score (nSPS) is 24.5. The van der Waals surface area contributed by atoms with Crippen molar-refractivity contribution >= 4 is 5.97 Å². The third-order valence-electron chi connectivity index (χ3n) is 4.21. The molecule has 2 aliphatic rings. The number of hydrogen-bond donors (Lipinski definition) is 1. The van der Waals surface area contributed by atoms with E-state index in [0.29, 0.717) is 6.04 Å². The van der Waals surface area contributed by atoms with Gasteiger partial charge in [-0.25, -0.2) is 4.98 Å². The van der Waals surface area contributed by atoms with E-state index < -0.39 is 5.97 Å². The van der Waals surface area contributed by atoms with Gasteiger partial charge in [0, 0.05) is 24.8 Å². The Hall–Kier alpha value is -1.36. The minimum atomic E-state index is -0.687. The lowest BCUT2D eigenvalue weighted by atomic mass is 9.99. The SMILES string of the molecule is O=C(O)CC1CCCCN1Cc1cncn1C1CC1. The summed E-state index contributed by atoms with van der Waals surface area (Å²) in [6.07, 6.45) is 9.95. The van der Waals surface area contributed by atoms with E-state index in [1.807, 2.05) is 12.5 Å². The Morgan fingerprint density at radius 3 is 2.95 bits per heavy atom. The molecule has 1 saturated carbocycles. The van der Waals surface area contributed by atoms with Crippen molar-refractivity contribution in [1.29, 1.82) is 0 Å². The number of carbonyl (C=O) groups is 1. The molecule has 1 atom stereocenters. The van der Waals surface area contributed by atoms with Gasteiger partial charge in [0.25, 0.3) is 0 Å². The summed E-state index contributed by atoms with van der Waals surface area (Å²) in [6.45, 7) is 1.85. The summed E-state index contributed by atoms with van der Waals surface area (Å²) in [7, 11) is 0. The third-order valence-corrected chi connectivity index (χ3v) is 4.21. The molecule has 1 aromatic heterocycles. The molecule has 5 heteroatoms. The molecule has 1 aliphatic carbocycles. The highest BCUT2D eigenvalue weighted by molar-refractivity contribution is 5.67. The summed E-state index contributed by atoms with van der Waals surface area (Å²) >= 11 is 0. The average molecular weight is 263 g/mol. The molecule has 1 N–H and O–H groups in total. The van der Waals surface area contributed by atoms with Gasteiger partial charge in [-0.3, -0.25) is 9.69 Å². The molecule has 3 rings (SSSR count). The zero-order valence-electron chi connectivity index (χ0n) is 11.2. The molecule has 0 aromatic carbocycles. The van der Waals surface area contributed by atoms with E-state index in [2.05, 4.69) is 14.5 Å². The second-order valence-corrected chi connectivity index (χ2v) is 5.74. The molecule has 1 unspecified atom stereocenters. The molecule has 0 spiro atoms. The van der Waals surface area contributed by atoms with Gasteiger partial charge in [0.1, 0.15) is 0 Å². The average Bonchev–Trinajstić information content (AvgIpc) is 3.12. The molecular formula is C14H21N3O2. The molecule has 1 aliphatic heterocycles. The smallest absolute Gasteiger partial charge is 0.304 e. The Labute approximate surface area is 113 Å². The molecule has 2 fully saturated rings. The minimum Gasteiger partial charge on any atom is -0.481 e. The summed E-state index contributed by atoms with van der Waals surface area (Å²) in [5.74, 6) is -0.687. The van der Waals surface area contributed by atoms with Gasteiger partial charge in [-0.05, 0) is 32.2 Å². The lowest BCUT2D eigenvalue weighted by Gasteiger charge is -2.34. The molecule has 0 bridgehead atoms. The van der Waals surface area contributed by atoms with Crippen molar-refractivity contribution in [3.05, 3.63) is 18.2 Å². The maximum atomic E-state index is 11.0. The van der Waals surface area contributed by atoms with E-state index in [4.69, 9.17) is 5.11 Å². The highest BCUT2D eigenvalue weighted by Crippen LogP contribution is 2.36.